The van der Waals surface area contributed by atoms with Crippen LogP contribution in [0.2, 0.25) is 0 Å². The smallest absolute Gasteiger partial charge is 0.332 e. The Bertz CT molecular complexity index is 825. The van der Waals surface area contributed by atoms with Crippen molar-refractivity contribution in [1.82, 2.24) is 4.90 Å². The van der Waals surface area contributed by atoms with Gasteiger partial charge in [-0.05, 0) is 35.9 Å². The molecule has 0 spiro atoms. The van der Waals surface area contributed by atoms with Gasteiger partial charge in [0.05, 0.1) is 11.1 Å². The lowest BCUT2D eigenvalue weighted by Crippen LogP contribution is -2.32. The first-order valence-electron chi connectivity index (χ1n) is 7.12. The lowest BCUT2D eigenvalue weighted by Gasteiger charge is -2.12. The molecule has 1 aliphatic rings. The third-order valence-electron chi connectivity index (χ3n) is 3.47. The van der Waals surface area contributed by atoms with Gasteiger partial charge in [-0.15, -0.1) is 0 Å². The normalized spacial score (nSPS) is 13.5. The van der Waals surface area contributed by atoms with Crippen LogP contribution in [0.3, 0.4) is 0 Å². The Hall–Kier alpha value is -2.73. The van der Waals surface area contributed by atoms with E-state index in [1.807, 2.05) is 24.3 Å². The van der Waals surface area contributed by atoms with Gasteiger partial charge >= 0.3 is 5.97 Å². The van der Waals surface area contributed by atoms with Crippen molar-refractivity contribution < 1.29 is 19.1 Å². The van der Waals surface area contributed by atoms with Gasteiger partial charge in [-0.25, -0.2) is 9.69 Å². The summed E-state index contributed by atoms with van der Waals surface area (Å²) in [6.07, 6.45) is 2.84. The molecule has 0 saturated carbocycles. The third-order valence-corrected chi connectivity index (χ3v) is 3.97. The Labute approximate surface area is 146 Å². The van der Waals surface area contributed by atoms with Crippen molar-refractivity contribution in [2.24, 2.45) is 0 Å². The quantitative estimate of drug-likeness (QED) is 0.460. The summed E-state index contributed by atoms with van der Waals surface area (Å²) in [5.74, 6) is -1.55. The van der Waals surface area contributed by atoms with Crippen LogP contribution in [0.4, 0.5) is 0 Å². The largest absolute Gasteiger partial charge is 0.441 e. The van der Waals surface area contributed by atoms with E-state index < -0.39 is 24.5 Å². The van der Waals surface area contributed by atoms with E-state index in [4.69, 9.17) is 4.74 Å². The minimum absolute atomic E-state index is 0.322. The summed E-state index contributed by atoms with van der Waals surface area (Å²) in [6.45, 7) is -0.409. The van der Waals surface area contributed by atoms with Crippen molar-refractivity contribution in [2.45, 2.75) is 0 Å². The SMILES string of the molecule is O=C(C=Cc1cccc(Br)c1)OCN1C(=O)c2ccccc2C1=O. The summed E-state index contributed by atoms with van der Waals surface area (Å²) in [5, 5.41) is 0. The number of fused-ring (bicyclic) bond motifs is 1. The maximum Gasteiger partial charge on any atom is 0.332 e. The van der Waals surface area contributed by atoms with Crippen LogP contribution in [-0.4, -0.2) is 29.4 Å². The average Bonchev–Trinajstić information content (AvgIpc) is 2.83. The number of carbonyl (C=O) groups excluding carboxylic acids is 3. The number of ether oxygens (including phenoxy) is 1. The Balaban J connectivity index is 1.61. The molecule has 0 aliphatic carbocycles. The summed E-state index contributed by atoms with van der Waals surface area (Å²) >= 11 is 3.34. The molecule has 1 heterocycles. The van der Waals surface area contributed by atoms with Gasteiger partial charge in [0.2, 0.25) is 0 Å². The first kappa shape index (κ1) is 16.1. The van der Waals surface area contributed by atoms with E-state index in [9.17, 15) is 14.4 Å². The molecule has 5 nitrogen and oxygen atoms in total. The molecule has 0 saturated heterocycles. The van der Waals surface area contributed by atoms with Gasteiger partial charge < -0.3 is 4.74 Å². The molecule has 2 aromatic rings. The number of hydrogen-bond donors (Lipinski definition) is 0. The van der Waals surface area contributed by atoms with Gasteiger partial charge in [-0.3, -0.25) is 9.59 Å². The summed E-state index contributed by atoms with van der Waals surface area (Å²) in [4.78, 5) is 36.9. The van der Waals surface area contributed by atoms with Crippen molar-refractivity contribution >= 4 is 39.8 Å². The van der Waals surface area contributed by atoms with Crippen molar-refractivity contribution in [3.63, 3.8) is 0 Å². The molecule has 2 aromatic carbocycles. The molecule has 0 bridgehead atoms. The Kier molecular flexibility index (Phi) is 4.57. The lowest BCUT2D eigenvalue weighted by molar-refractivity contribution is -0.140. The molecule has 0 N–H and O–H groups in total. The van der Waals surface area contributed by atoms with Gasteiger partial charge in [0.15, 0.2) is 6.73 Å². The summed E-state index contributed by atoms with van der Waals surface area (Å²) in [6, 6.07) is 13.9. The third kappa shape index (κ3) is 3.28. The lowest BCUT2D eigenvalue weighted by atomic mass is 10.1. The fourth-order valence-electron chi connectivity index (χ4n) is 2.31. The van der Waals surface area contributed by atoms with Crippen molar-refractivity contribution in [3.05, 3.63) is 75.8 Å². The summed E-state index contributed by atoms with van der Waals surface area (Å²) in [5.41, 5.74) is 1.47. The predicted molar refractivity (Wildman–Crippen MR) is 91.1 cm³/mol. The molecular weight excluding hydrogens is 374 g/mol. The maximum absolute atomic E-state index is 12.1. The Morgan fingerprint density at radius 2 is 1.71 bits per heavy atom. The summed E-state index contributed by atoms with van der Waals surface area (Å²) in [7, 11) is 0. The van der Waals surface area contributed by atoms with Gasteiger partial charge in [0, 0.05) is 10.5 Å². The molecule has 0 radical (unpaired) electrons. The highest BCUT2D eigenvalue weighted by molar-refractivity contribution is 9.10. The Morgan fingerprint density at radius 1 is 1.04 bits per heavy atom. The van der Waals surface area contributed by atoms with Gasteiger partial charge in [-0.2, -0.15) is 0 Å². The average molecular weight is 386 g/mol. The van der Waals surface area contributed by atoms with Crippen LogP contribution in [-0.2, 0) is 9.53 Å². The number of nitrogens with zero attached hydrogens (tertiary/aromatic N) is 1. The zero-order valence-electron chi connectivity index (χ0n) is 12.4. The van der Waals surface area contributed by atoms with Crippen molar-refractivity contribution in [1.29, 1.82) is 0 Å². The number of rotatable bonds is 4. The van der Waals surface area contributed by atoms with Crippen LogP contribution >= 0.6 is 15.9 Å². The molecule has 3 rings (SSSR count). The van der Waals surface area contributed by atoms with Gasteiger partial charge in [-0.1, -0.05) is 40.2 Å². The number of benzene rings is 2. The first-order valence-corrected chi connectivity index (χ1v) is 7.91. The highest BCUT2D eigenvalue weighted by Crippen LogP contribution is 2.22. The second-order valence-electron chi connectivity index (χ2n) is 5.06. The van der Waals surface area contributed by atoms with Crippen molar-refractivity contribution in [3.8, 4) is 0 Å². The van der Waals surface area contributed by atoms with E-state index in [1.165, 1.54) is 6.08 Å². The fraction of sp³-hybridized carbons (Fsp3) is 0.0556. The van der Waals surface area contributed by atoms with E-state index in [0.29, 0.717) is 11.1 Å². The topological polar surface area (TPSA) is 63.7 Å². The second-order valence-corrected chi connectivity index (χ2v) is 5.98. The number of carbonyl (C=O) groups is 3. The van der Waals surface area contributed by atoms with E-state index in [-0.39, 0.29) is 0 Å². The number of halogens is 1. The van der Waals surface area contributed by atoms with Crippen LogP contribution in [0.5, 0.6) is 0 Å². The molecule has 1 aliphatic heterocycles. The molecule has 0 fully saturated rings. The van der Waals surface area contributed by atoms with Gasteiger partial charge in [0.1, 0.15) is 0 Å². The summed E-state index contributed by atoms with van der Waals surface area (Å²) < 4.78 is 5.89. The van der Waals surface area contributed by atoms with Crippen molar-refractivity contribution in [2.75, 3.05) is 6.73 Å². The number of hydrogen-bond acceptors (Lipinski definition) is 4. The number of imide groups is 1. The molecule has 0 unspecified atom stereocenters. The van der Waals surface area contributed by atoms with E-state index in [1.54, 1.807) is 30.3 Å². The zero-order chi connectivity index (χ0) is 17.1. The van der Waals surface area contributed by atoms with E-state index in [2.05, 4.69) is 15.9 Å². The number of esters is 1. The predicted octanol–water partition coefficient (Wildman–Crippen LogP) is 3.26. The highest BCUT2D eigenvalue weighted by Gasteiger charge is 2.35. The minimum Gasteiger partial charge on any atom is -0.441 e. The highest BCUT2D eigenvalue weighted by atomic mass is 79.9. The van der Waals surface area contributed by atoms with Crippen LogP contribution in [0, 0.1) is 0 Å². The standard InChI is InChI=1S/C18H12BrNO4/c19-13-5-3-4-12(10-13)8-9-16(21)24-11-20-17(22)14-6-1-2-7-15(14)18(20)23/h1-10H,11H2. The second kappa shape index (κ2) is 6.80. The molecular formula is C18H12BrNO4. The van der Waals surface area contributed by atoms with Crippen LogP contribution in [0.1, 0.15) is 26.3 Å². The minimum atomic E-state index is -0.633. The molecule has 6 heteroatoms. The zero-order valence-corrected chi connectivity index (χ0v) is 14.0. The van der Waals surface area contributed by atoms with E-state index in [0.717, 1.165) is 14.9 Å². The van der Waals surface area contributed by atoms with Crippen LogP contribution in [0.25, 0.3) is 6.08 Å². The molecule has 0 atom stereocenters. The molecule has 120 valence electrons. The first-order chi connectivity index (χ1) is 11.6. The Morgan fingerprint density at radius 3 is 2.33 bits per heavy atom. The molecule has 2 amide bonds. The van der Waals surface area contributed by atoms with E-state index >= 15 is 0 Å². The molecule has 24 heavy (non-hydrogen) atoms. The van der Waals surface area contributed by atoms with Crippen LogP contribution < -0.4 is 0 Å². The molecule has 0 aromatic heterocycles. The van der Waals surface area contributed by atoms with Gasteiger partial charge in [0.25, 0.3) is 11.8 Å². The fourth-order valence-corrected chi connectivity index (χ4v) is 2.72. The maximum atomic E-state index is 12.1. The monoisotopic (exact) mass is 385 g/mol. The van der Waals surface area contributed by atoms with Crippen LogP contribution in [0.15, 0.2) is 59.1 Å². The number of amides is 2.